The van der Waals surface area contributed by atoms with Crippen LogP contribution in [-0.4, -0.2) is 36.6 Å². The summed E-state index contributed by atoms with van der Waals surface area (Å²) >= 11 is 0. The third-order valence-electron chi connectivity index (χ3n) is 2.84. The standard InChI is InChI=1S/C15H24N4/c1-11(2)8-14(10-19(4)5)18-15-13(9-16)7-6-12(3)17-15/h6-7,11,14H,8,10H2,1-5H3,(H,17,18). The molecule has 0 fully saturated rings. The first-order valence-corrected chi connectivity index (χ1v) is 6.71. The average Bonchev–Trinajstić information content (AvgIpc) is 2.27. The molecule has 0 amide bonds. The average molecular weight is 260 g/mol. The van der Waals surface area contributed by atoms with Crippen LogP contribution in [0.1, 0.15) is 31.5 Å². The summed E-state index contributed by atoms with van der Waals surface area (Å²) < 4.78 is 0. The molecule has 0 aliphatic rings. The van der Waals surface area contributed by atoms with E-state index in [0.717, 1.165) is 18.7 Å². The molecule has 1 heterocycles. The fourth-order valence-corrected chi connectivity index (χ4v) is 2.14. The molecule has 4 nitrogen and oxygen atoms in total. The van der Waals surface area contributed by atoms with E-state index in [2.05, 4.69) is 49.2 Å². The van der Waals surface area contributed by atoms with E-state index in [9.17, 15) is 0 Å². The minimum atomic E-state index is 0.302. The molecule has 1 rings (SSSR count). The molecule has 0 aliphatic carbocycles. The van der Waals surface area contributed by atoms with Crippen molar-refractivity contribution in [3.63, 3.8) is 0 Å². The summed E-state index contributed by atoms with van der Waals surface area (Å²) in [5, 5.41) is 12.6. The number of aromatic nitrogens is 1. The molecule has 0 bridgehead atoms. The van der Waals surface area contributed by atoms with Crippen molar-refractivity contribution in [2.45, 2.75) is 33.2 Å². The van der Waals surface area contributed by atoms with Gasteiger partial charge in [-0.05, 0) is 45.5 Å². The largest absolute Gasteiger partial charge is 0.365 e. The van der Waals surface area contributed by atoms with Crippen molar-refractivity contribution in [3.8, 4) is 6.07 Å². The van der Waals surface area contributed by atoms with Crippen molar-refractivity contribution in [2.24, 2.45) is 5.92 Å². The van der Waals surface area contributed by atoms with Gasteiger partial charge in [-0.15, -0.1) is 0 Å². The van der Waals surface area contributed by atoms with E-state index < -0.39 is 0 Å². The molecule has 0 radical (unpaired) electrons. The Morgan fingerprint density at radius 2 is 2.05 bits per heavy atom. The van der Waals surface area contributed by atoms with E-state index in [1.165, 1.54) is 0 Å². The Balaban J connectivity index is 2.89. The fraction of sp³-hybridized carbons (Fsp3) is 0.600. The first-order valence-electron chi connectivity index (χ1n) is 6.71. The molecule has 0 saturated carbocycles. The second-order valence-electron chi connectivity index (χ2n) is 5.69. The van der Waals surface area contributed by atoms with Crippen LogP contribution in [0.2, 0.25) is 0 Å². The van der Waals surface area contributed by atoms with Crippen LogP contribution in [0.25, 0.3) is 0 Å². The molecule has 1 aromatic heterocycles. The molecule has 0 saturated heterocycles. The summed E-state index contributed by atoms with van der Waals surface area (Å²) in [5.41, 5.74) is 1.53. The summed E-state index contributed by atoms with van der Waals surface area (Å²) in [7, 11) is 4.12. The van der Waals surface area contributed by atoms with Gasteiger partial charge in [0.05, 0.1) is 5.56 Å². The number of hydrogen-bond acceptors (Lipinski definition) is 4. The zero-order chi connectivity index (χ0) is 14.4. The predicted molar refractivity (Wildman–Crippen MR) is 79.1 cm³/mol. The number of rotatable bonds is 6. The minimum absolute atomic E-state index is 0.302. The van der Waals surface area contributed by atoms with Gasteiger partial charge in [0.25, 0.3) is 0 Å². The van der Waals surface area contributed by atoms with Gasteiger partial charge in [0.15, 0.2) is 0 Å². The quantitative estimate of drug-likeness (QED) is 0.854. The van der Waals surface area contributed by atoms with Crippen LogP contribution in [0.4, 0.5) is 5.82 Å². The Kier molecular flexibility index (Phi) is 5.78. The number of nitrogens with zero attached hydrogens (tertiary/aromatic N) is 3. The minimum Gasteiger partial charge on any atom is -0.365 e. The van der Waals surface area contributed by atoms with Gasteiger partial charge in [-0.25, -0.2) is 4.98 Å². The summed E-state index contributed by atoms with van der Waals surface area (Å²) in [6, 6.07) is 6.19. The van der Waals surface area contributed by atoms with Crippen molar-refractivity contribution >= 4 is 5.82 Å². The maximum Gasteiger partial charge on any atom is 0.144 e. The SMILES string of the molecule is Cc1ccc(C#N)c(NC(CC(C)C)CN(C)C)n1. The number of pyridine rings is 1. The van der Waals surface area contributed by atoms with Crippen molar-refractivity contribution < 1.29 is 0 Å². The molecule has 0 spiro atoms. The molecule has 19 heavy (non-hydrogen) atoms. The zero-order valence-electron chi connectivity index (χ0n) is 12.6. The number of nitriles is 1. The number of aryl methyl sites for hydroxylation is 1. The monoisotopic (exact) mass is 260 g/mol. The van der Waals surface area contributed by atoms with E-state index in [1.54, 1.807) is 0 Å². The lowest BCUT2D eigenvalue weighted by atomic mass is 10.0. The van der Waals surface area contributed by atoms with Crippen molar-refractivity contribution in [1.29, 1.82) is 5.26 Å². The van der Waals surface area contributed by atoms with Crippen LogP contribution in [0.3, 0.4) is 0 Å². The van der Waals surface area contributed by atoms with Crippen LogP contribution in [0.15, 0.2) is 12.1 Å². The molecule has 4 heteroatoms. The molecule has 1 N–H and O–H groups in total. The third-order valence-corrected chi connectivity index (χ3v) is 2.84. The van der Waals surface area contributed by atoms with Gasteiger partial charge < -0.3 is 10.2 Å². The van der Waals surface area contributed by atoms with Crippen molar-refractivity contribution in [2.75, 3.05) is 26.0 Å². The van der Waals surface area contributed by atoms with Crippen molar-refractivity contribution in [1.82, 2.24) is 9.88 Å². The van der Waals surface area contributed by atoms with E-state index in [-0.39, 0.29) is 0 Å². The third kappa shape index (κ3) is 5.27. The van der Waals surface area contributed by atoms with Gasteiger partial charge >= 0.3 is 0 Å². The van der Waals surface area contributed by atoms with Gasteiger partial charge in [0.2, 0.25) is 0 Å². The zero-order valence-corrected chi connectivity index (χ0v) is 12.6. The Hall–Kier alpha value is -1.60. The van der Waals surface area contributed by atoms with Crippen LogP contribution in [0, 0.1) is 24.2 Å². The molecule has 104 valence electrons. The highest BCUT2D eigenvalue weighted by atomic mass is 15.1. The second-order valence-corrected chi connectivity index (χ2v) is 5.69. The number of nitrogens with one attached hydrogen (secondary N) is 1. The lowest BCUT2D eigenvalue weighted by Crippen LogP contribution is -2.34. The lowest BCUT2D eigenvalue weighted by molar-refractivity contribution is 0.356. The highest BCUT2D eigenvalue weighted by Gasteiger charge is 2.14. The second kappa shape index (κ2) is 7.10. The maximum absolute atomic E-state index is 9.15. The van der Waals surface area contributed by atoms with Crippen molar-refractivity contribution in [3.05, 3.63) is 23.4 Å². The van der Waals surface area contributed by atoms with Gasteiger partial charge in [-0.1, -0.05) is 13.8 Å². The molecule has 0 aliphatic heterocycles. The van der Waals surface area contributed by atoms with Crippen LogP contribution in [-0.2, 0) is 0 Å². The van der Waals surface area contributed by atoms with Crippen LogP contribution < -0.4 is 5.32 Å². The molecular weight excluding hydrogens is 236 g/mol. The van der Waals surface area contributed by atoms with E-state index >= 15 is 0 Å². The highest BCUT2D eigenvalue weighted by molar-refractivity contribution is 5.52. The smallest absolute Gasteiger partial charge is 0.144 e. The summed E-state index contributed by atoms with van der Waals surface area (Å²) in [6.45, 7) is 7.28. The Bertz CT molecular complexity index is 436. The number of likely N-dealkylation sites (N-methyl/N-ethyl adjacent to an activating group) is 1. The molecule has 0 aromatic carbocycles. The van der Waals surface area contributed by atoms with Crippen LogP contribution >= 0.6 is 0 Å². The summed E-state index contributed by atoms with van der Waals surface area (Å²) in [5.74, 6) is 1.31. The van der Waals surface area contributed by atoms with Crippen LogP contribution in [0.5, 0.6) is 0 Å². The highest BCUT2D eigenvalue weighted by Crippen LogP contribution is 2.16. The van der Waals surface area contributed by atoms with Gasteiger partial charge in [0, 0.05) is 18.3 Å². The maximum atomic E-state index is 9.15. The molecule has 1 aromatic rings. The predicted octanol–water partition coefficient (Wildman–Crippen LogP) is 2.65. The van der Waals surface area contributed by atoms with E-state index in [1.807, 2.05) is 19.1 Å². The lowest BCUT2D eigenvalue weighted by Gasteiger charge is -2.25. The fourth-order valence-electron chi connectivity index (χ4n) is 2.14. The van der Waals surface area contributed by atoms with Gasteiger partial charge in [-0.3, -0.25) is 0 Å². The Labute approximate surface area is 116 Å². The van der Waals surface area contributed by atoms with E-state index in [4.69, 9.17) is 5.26 Å². The van der Waals surface area contributed by atoms with Gasteiger partial charge in [-0.2, -0.15) is 5.26 Å². The number of anilines is 1. The summed E-state index contributed by atoms with van der Waals surface area (Å²) in [6.07, 6.45) is 1.05. The first kappa shape index (κ1) is 15.5. The molecule has 1 atom stereocenters. The first-order chi connectivity index (χ1) is 8.92. The van der Waals surface area contributed by atoms with Gasteiger partial charge in [0.1, 0.15) is 11.9 Å². The normalized spacial score (nSPS) is 12.5. The Morgan fingerprint density at radius 3 is 2.58 bits per heavy atom. The molecule has 1 unspecified atom stereocenters. The molecular formula is C15H24N4. The topological polar surface area (TPSA) is 52.0 Å². The van der Waals surface area contributed by atoms with E-state index in [0.29, 0.717) is 23.3 Å². The number of hydrogen-bond donors (Lipinski definition) is 1. The Morgan fingerprint density at radius 1 is 1.37 bits per heavy atom. The summed E-state index contributed by atoms with van der Waals surface area (Å²) in [4.78, 5) is 6.60.